The summed E-state index contributed by atoms with van der Waals surface area (Å²) in [6.45, 7) is 8.19. The number of esters is 1. The fourth-order valence-corrected chi connectivity index (χ4v) is 3.77. The van der Waals surface area contributed by atoms with Gasteiger partial charge in [-0.05, 0) is 50.8 Å². The van der Waals surface area contributed by atoms with Crippen molar-refractivity contribution in [3.63, 3.8) is 0 Å². The molecule has 3 N–H and O–H groups in total. The number of aromatic amines is 1. The summed E-state index contributed by atoms with van der Waals surface area (Å²) in [7, 11) is 1.58. The molecule has 1 aromatic carbocycles. The van der Waals surface area contributed by atoms with Gasteiger partial charge in [0, 0.05) is 10.9 Å². The summed E-state index contributed by atoms with van der Waals surface area (Å²) in [5.74, 6) is 0.787. The van der Waals surface area contributed by atoms with Crippen LogP contribution in [0.15, 0.2) is 18.2 Å². The van der Waals surface area contributed by atoms with Gasteiger partial charge >= 0.3 is 5.97 Å². The van der Waals surface area contributed by atoms with Crippen molar-refractivity contribution >= 4 is 28.5 Å². The highest BCUT2D eigenvalue weighted by atomic mass is 16.5. The third-order valence-corrected chi connectivity index (χ3v) is 5.66. The Morgan fingerprint density at radius 3 is 2.68 bits per heavy atom. The molecule has 7 heteroatoms. The lowest BCUT2D eigenvalue weighted by Gasteiger charge is -2.31. The van der Waals surface area contributed by atoms with E-state index in [1.165, 1.54) is 4.90 Å². The van der Waals surface area contributed by atoms with Crippen LogP contribution in [0.5, 0.6) is 5.75 Å². The molecule has 152 valence electrons. The molecule has 3 rings (SSSR count). The summed E-state index contributed by atoms with van der Waals surface area (Å²) in [6, 6.07) is 5.25. The standard InChI is InChI=1S/C21H29N3O4/c1-5-28-21(26)19-18(16-12-15(27-4)6-7-17(16)22-19)23-20(25)14(3)24-10-8-13(2)9-11-24/h6-7,12-14,22H,5,8-11H2,1-4H3,(H,23,25)/p+1/t14-/m0/s1. The number of hydrogen-bond acceptors (Lipinski definition) is 4. The predicted octanol–water partition coefficient (Wildman–Crippen LogP) is 1.99. The van der Waals surface area contributed by atoms with Crippen LogP contribution in [0.2, 0.25) is 0 Å². The van der Waals surface area contributed by atoms with Gasteiger partial charge < -0.3 is 24.7 Å². The average Bonchev–Trinajstić information content (AvgIpc) is 3.05. The average molecular weight is 388 g/mol. The van der Waals surface area contributed by atoms with Crippen LogP contribution in [0.4, 0.5) is 5.69 Å². The van der Waals surface area contributed by atoms with Gasteiger partial charge in [-0.3, -0.25) is 4.79 Å². The Morgan fingerprint density at radius 2 is 2.04 bits per heavy atom. The minimum atomic E-state index is -0.486. The molecule has 1 aromatic heterocycles. The van der Waals surface area contributed by atoms with Gasteiger partial charge in [-0.2, -0.15) is 0 Å². The fourth-order valence-electron chi connectivity index (χ4n) is 3.77. The van der Waals surface area contributed by atoms with Crippen molar-refractivity contribution in [3.05, 3.63) is 23.9 Å². The molecule has 7 nitrogen and oxygen atoms in total. The van der Waals surface area contributed by atoms with Crippen molar-refractivity contribution in [3.8, 4) is 5.75 Å². The van der Waals surface area contributed by atoms with Crippen LogP contribution in [0.1, 0.15) is 44.1 Å². The molecule has 0 saturated carbocycles. The summed E-state index contributed by atoms with van der Waals surface area (Å²) >= 11 is 0. The zero-order valence-electron chi connectivity index (χ0n) is 17.1. The maximum atomic E-state index is 13.0. The highest BCUT2D eigenvalue weighted by molar-refractivity contribution is 6.11. The minimum absolute atomic E-state index is 0.0983. The first-order valence-corrected chi connectivity index (χ1v) is 9.96. The maximum absolute atomic E-state index is 13.0. The zero-order valence-corrected chi connectivity index (χ0v) is 17.1. The summed E-state index contributed by atoms with van der Waals surface area (Å²) < 4.78 is 10.5. The summed E-state index contributed by atoms with van der Waals surface area (Å²) in [6.07, 6.45) is 2.26. The second kappa shape index (κ2) is 8.65. The van der Waals surface area contributed by atoms with E-state index >= 15 is 0 Å². The molecule has 28 heavy (non-hydrogen) atoms. The smallest absolute Gasteiger partial charge is 0.356 e. The molecule has 1 fully saturated rings. The quantitative estimate of drug-likeness (QED) is 0.661. The molecule has 0 bridgehead atoms. The van der Waals surface area contributed by atoms with Gasteiger partial charge in [0.1, 0.15) is 11.4 Å². The Hall–Kier alpha value is -2.54. The number of H-pyrrole nitrogens is 1. The predicted molar refractivity (Wildman–Crippen MR) is 108 cm³/mol. The molecule has 1 amide bonds. The fraction of sp³-hybridized carbons (Fsp3) is 0.524. The lowest BCUT2D eigenvalue weighted by molar-refractivity contribution is -0.919. The van der Waals surface area contributed by atoms with Crippen molar-refractivity contribution in [2.45, 2.75) is 39.7 Å². The van der Waals surface area contributed by atoms with Gasteiger partial charge in [0.25, 0.3) is 5.91 Å². The zero-order chi connectivity index (χ0) is 20.3. The Kier molecular flexibility index (Phi) is 6.24. The number of carbonyl (C=O) groups is 2. The van der Waals surface area contributed by atoms with Gasteiger partial charge in [0.2, 0.25) is 0 Å². The van der Waals surface area contributed by atoms with E-state index in [0.717, 1.165) is 42.8 Å². The third kappa shape index (κ3) is 4.14. The second-order valence-corrected chi connectivity index (χ2v) is 7.56. The first-order chi connectivity index (χ1) is 13.4. The number of benzene rings is 1. The lowest BCUT2D eigenvalue weighted by atomic mass is 9.98. The van der Waals surface area contributed by atoms with Gasteiger partial charge in [-0.25, -0.2) is 4.79 Å². The molecule has 0 aliphatic carbocycles. The monoisotopic (exact) mass is 388 g/mol. The Balaban J connectivity index is 1.90. The minimum Gasteiger partial charge on any atom is -0.497 e. The molecule has 1 aliphatic heterocycles. The highest BCUT2D eigenvalue weighted by Gasteiger charge is 2.30. The third-order valence-electron chi connectivity index (χ3n) is 5.66. The van der Waals surface area contributed by atoms with Crippen molar-refractivity contribution in [1.29, 1.82) is 0 Å². The molecule has 0 unspecified atom stereocenters. The largest absolute Gasteiger partial charge is 0.497 e. The van der Waals surface area contributed by atoms with E-state index in [0.29, 0.717) is 11.4 Å². The lowest BCUT2D eigenvalue weighted by Crippen LogP contribution is -3.17. The number of rotatable bonds is 6. The number of nitrogens with one attached hydrogen (secondary N) is 3. The van der Waals surface area contributed by atoms with E-state index < -0.39 is 5.97 Å². The Bertz CT molecular complexity index is 853. The van der Waals surface area contributed by atoms with Crippen molar-refractivity contribution in [1.82, 2.24) is 4.98 Å². The van der Waals surface area contributed by atoms with Crippen molar-refractivity contribution in [2.24, 2.45) is 5.92 Å². The topological polar surface area (TPSA) is 84.9 Å². The molecule has 1 saturated heterocycles. The van der Waals surface area contributed by atoms with Crippen molar-refractivity contribution in [2.75, 3.05) is 32.1 Å². The van der Waals surface area contributed by atoms with E-state index in [1.54, 1.807) is 20.1 Å². The van der Waals surface area contributed by atoms with E-state index in [4.69, 9.17) is 9.47 Å². The number of fused-ring (bicyclic) bond motifs is 1. The summed E-state index contributed by atoms with van der Waals surface area (Å²) in [4.78, 5) is 29.8. The van der Waals surface area contributed by atoms with Crippen LogP contribution in [0.25, 0.3) is 10.9 Å². The number of hydrogen-bond donors (Lipinski definition) is 3. The molecular weight excluding hydrogens is 358 g/mol. The van der Waals surface area contributed by atoms with Gasteiger partial charge in [0.05, 0.1) is 32.5 Å². The number of aromatic nitrogens is 1. The Morgan fingerprint density at radius 1 is 1.32 bits per heavy atom. The van der Waals surface area contributed by atoms with Crippen LogP contribution < -0.4 is 15.0 Å². The highest BCUT2D eigenvalue weighted by Crippen LogP contribution is 2.31. The first-order valence-electron chi connectivity index (χ1n) is 9.96. The molecule has 2 aromatic rings. The van der Waals surface area contributed by atoms with Crippen LogP contribution >= 0.6 is 0 Å². The SMILES string of the molecule is CCOC(=O)c1[nH]c2ccc(OC)cc2c1NC(=O)[C@H](C)[NH+]1CCC(C)CC1. The molecule has 2 heterocycles. The van der Waals surface area contributed by atoms with Crippen LogP contribution in [-0.4, -0.2) is 49.7 Å². The van der Waals surface area contributed by atoms with Gasteiger partial charge in [-0.15, -0.1) is 0 Å². The van der Waals surface area contributed by atoms with Crippen LogP contribution in [0.3, 0.4) is 0 Å². The van der Waals surface area contributed by atoms with Gasteiger partial charge in [-0.1, -0.05) is 6.92 Å². The molecule has 0 spiro atoms. The van der Waals surface area contributed by atoms with Crippen molar-refractivity contribution < 1.29 is 24.0 Å². The number of ether oxygens (including phenoxy) is 2. The molecule has 0 radical (unpaired) electrons. The first kappa shape index (κ1) is 20.2. The van der Waals surface area contributed by atoms with E-state index in [2.05, 4.69) is 17.2 Å². The van der Waals surface area contributed by atoms with E-state index in [-0.39, 0.29) is 24.2 Å². The van der Waals surface area contributed by atoms with Crippen LogP contribution in [-0.2, 0) is 9.53 Å². The number of anilines is 1. The number of methoxy groups -OCH3 is 1. The number of piperidine rings is 1. The summed E-state index contributed by atoms with van der Waals surface area (Å²) in [5.41, 5.74) is 1.45. The van der Waals surface area contributed by atoms with Crippen LogP contribution in [0, 0.1) is 5.92 Å². The maximum Gasteiger partial charge on any atom is 0.356 e. The second-order valence-electron chi connectivity index (χ2n) is 7.56. The van der Waals surface area contributed by atoms with E-state index in [1.807, 2.05) is 19.1 Å². The number of amides is 1. The Labute approximate surface area is 165 Å². The number of carbonyl (C=O) groups excluding carboxylic acids is 2. The number of quaternary nitrogens is 1. The normalized spacial score (nSPS) is 20.6. The molecule has 1 aliphatic rings. The molecular formula is C21H30N3O4+. The molecule has 1 atom stereocenters. The number of likely N-dealkylation sites (tertiary alicyclic amines) is 1. The van der Waals surface area contributed by atoms with Gasteiger partial charge in [0.15, 0.2) is 6.04 Å². The van der Waals surface area contributed by atoms with E-state index in [9.17, 15) is 9.59 Å². The summed E-state index contributed by atoms with van der Waals surface area (Å²) in [5, 5.41) is 3.71.